The molecule has 2 amide bonds. The van der Waals surface area contributed by atoms with E-state index in [2.05, 4.69) is 14.9 Å². The predicted molar refractivity (Wildman–Crippen MR) is 101 cm³/mol. The standard InChI is InChI=1S/C21H20N4O2/c26-20-16-5-1-2-6-17(16)21(27)25(20)13-14-7-8-22-19-18(14)15(11-23-19)12-24-9-3-4-10-24/h1-2,5-8,11H,3-4,9-10,12-13H2,(H,22,23). The summed E-state index contributed by atoms with van der Waals surface area (Å²) < 4.78 is 0. The Morgan fingerprint density at radius 3 is 2.33 bits per heavy atom. The van der Waals surface area contributed by atoms with Gasteiger partial charge in [0.1, 0.15) is 5.65 Å². The number of benzene rings is 1. The van der Waals surface area contributed by atoms with Crippen LogP contribution >= 0.6 is 0 Å². The zero-order valence-corrected chi connectivity index (χ0v) is 14.9. The van der Waals surface area contributed by atoms with Gasteiger partial charge in [-0.15, -0.1) is 0 Å². The monoisotopic (exact) mass is 360 g/mol. The molecule has 0 bridgehead atoms. The number of nitrogens with zero attached hydrogens (tertiary/aromatic N) is 3. The van der Waals surface area contributed by atoms with Crippen LogP contribution in [0.1, 0.15) is 44.7 Å². The van der Waals surface area contributed by atoms with Gasteiger partial charge in [-0.1, -0.05) is 12.1 Å². The zero-order chi connectivity index (χ0) is 18.4. The van der Waals surface area contributed by atoms with Gasteiger partial charge in [-0.25, -0.2) is 4.98 Å². The Morgan fingerprint density at radius 1 is 0.926 bits per heavy atom. The summed E-state index contributed by atoms with van der Waals surface area (Å²) in [5.74, 6) is -0.450. The van der Waals surface area contributed by atoms with Crippen molar-refractivity contribution >= 4 is 22.8 Å². The Hall–Kier alpha value is -2.99. The molecular formula is C21H20N4O2. The van der Waals surface area contributed by atoms with E-state index in [0.29, 0.717) is 11.1 Å². The summed E-state index contributed by atoms with van der Waals surface area (Å²) in [6, 6.07) is 8.92. The van der Waals surface area contributed by atoms with Gasteiger partial charge in [0.2, 0.25) is 0 Å². The molecule has 2 aliphatic rings. The predicted octanol–water partition coefficient (Wildman–Crippen LogP) is 2.95. The topological polar surface area (TPSA) is 69.3 Å². The van der Waals surface area contributed by atoms with E-state index in [4.69, 9.17) is 0 Å². The lowest BCUT2D eigenvalue weighted by molar-refractivity contribution is 0.0643. The molecule has 1 aromatic carbocycles. The molecule has 3 aromatic rings. The molecule has 6 heteroatoms. The molecule has 0 aliphatic carbocycles. The van der Waals surface area contributed by atoms with E-state index in [9.17, 15) is 9.59 Å². The summed E-state index contributed by atoms with van der Waals surface area (Å²) in [5.41, 5.74) is 3.90. The maximum Gasteiger partial charge on any atom is 0.261 e. The molecule has 1 N–H and O–H groups in total. The van der Waals surface area contributed by atoms with Crippen LogP contribution in [0.3, 0.4) is 0 Å². The summed E-state index contributed by atoms with van der Waals surface area (Å²) in [6.45, 7) is 3.35. The molecule has 0 saturated carbocycles. The SMILES string of the molecule is O=C1c2ccccc2C(=O)N1Cc1ccnc2[nH]cc(CN3CCCC3)c12. The molecule has 0 atom stereocenters. The molecule has 0 unspecified atom stereocenters. The van der Waals surface area contributed by atoms with Crippen LogP contribution < -0.4 is 0 Å². The fourth-order valence-corrected chi connectivity index (χ4v) is 4.19. The minimum Gasteiger partial charge on any atom is -0.346 e. The average Bonchev–Trinajstić information content (AvgIpc) is 3.40. The Bertz CT molecular complexity index is 1010. The number of H-pyrrole nitrogens is 1. The van der Waals surface area contributed by atoms with Crippen LogP contribution in [0.5, 0.6) is 0 Å². The van der Waals surface area contributed by atoms with Crippen LogP contribution in [-0.2, 0) is 13.1 Å². The van der Waals surface area contributed by atoms with Crippen molar-refractivity contribution in [2.24, 2.45) is 0 Å². The first kappa shape index (κ1) is 16.2. The van der Waals surface area contributed by atoms with Crippen LogP contribution in [0, 0.1) is 0 Å². The van der Waals surface area contributed by atoms with Crippen molar-refractivity contribution in [1.82, 2.24) is 19.8 Å². The van der Waals surface area contributed by atoms with E-state index in [1.54, 1.807) is 30.5 Å². The smallest absolute Gasteiger partial charge is 0.261 e. The summed E-state index contributed by atoms with van der Waals surface area (Å²) in [7, 11) is 0. The number of pyridine rings is 1. The third-order valence-electron chi connectivity index (χ3n) is 5.54. The molecule has 1 fully saturated rings. The number of likely N-dealkylation sites (tertiary alicyclic amines) is 1. The van der Waals surface area contributed by atoms with Gasteiger partial charge in [-0.05, 0) is 55.3 Å². The van der Waals surface area contributed by atoms with Crippen molar-refractivity contribution in [3.8, 4) is 0 Å². The highest BCUT2D eigenvalue weighted by molar-refractivity contribution is 6.21. The Labute approximate surface area is 156 Å². The second-order valence-electron chi connectivity index (χ2n) is 7.23. The molecule has 27 heavy (non-hydrogen) atoms. The van der Waals surface area contributed by atoms with Gasteiger partial charge < -0.3 is 4.98 Å². The molecule has 0 spiro atoms. The fraction of sp³-hybridized carbons (Fsp3) is 0.286. The van der Waals surface area contributed by atoms with Gasteiger partial charge in [0.25, 0.3) is 11.8 Å². The highest BCUT2D eigenvalue weighted by atomic mass is 16.2. The highest BCUT2D eigenvalue weighted by Gasteiger charge is 2.35. The van der Waals surface area contributed by atoms with E-state index in [1.807, 2.05) is 12.3 Å². The number of imide groups is 1. The largest absolute Gasteiger partial charge is 0.346 e. The minimum atomic E-state index is -0.225. The van der Waals surface area contributed by atoms with Crippen molar-refractivity contribution < 1.29 is 9.59 Å². The van der Waals surface area contributed by atoms with Crippen LogP contribution in [0.4, 0.5) is 0 Å². The number of carbonyl (C=O) groups excluding carboxylic acids is 2. The number of amides is 2. The number of carbonyl (C=O) groups is 2. The second kappa shape index (κ2) is 6.32. The minimum absolute atomic E-state index is 0.225. The first-order chi connectivity index (χ1) is 13.2. The number of nitrogens with one attached hydrogen (secondary N) is 1. The van der Waals surface area contributed by atoms with E-state index in [0.717, 1.165) is 36.2 Å². The molecule has 2 aliphatic heterocycles. The third-order valence-corrected chi connectivity index (χ3v) is 5.54. The summed E-state index contributed by atoms with van der Waals surface area (Å²) in [5, 5.41) is 1.03. The lowest BCUT2D eigenvalue weighted by Crippen LogP contribution is -2.29. The molecule has 1 saturated heterocycles. The van der Waals surface area contributed by atoms with Gasteiger partial charge in [-0.3, -0.25) is 19.4 Å². The molecule has 136 valence electrons. The molecule has 4 heterocycles. The Morgan fingerprint density at radius 2 is 1.63 bits per heavy atom. The van der Waals surface area contributed by atoms with E-state index in [-0.39, 0.29) is 18.4 Å². The number of rotatable bonds is 4. The van der Waals surface area contributed by atoms with Crippen molar-refractivity contribution in [1.29, 1.82) is 0 Å². The van der Waals surface area contributed by atoms with Crippen molar-refractivity contribution in [3.63, 3.8) is 0 Å². The fourth-order valence-electron chi connectivity index (χ4n) is 4.19. The van der Waals surface area contributed by atoms with Crippen LogP contribution in [0.15, 0.2) is 42.7 Å². The number of aromatic amines is 1. The molecular weight excluding hydrogens is 340 g/mol. The zero-order valence-electron chi connectivity index (χ0n) is 14.9. The van der Waals surface area contributed by atoms with Crippen LogP contribution in [-0.4, -0.2) is 44.7 Å². The van der Waals surface area contributed by atoms with Crippen molar-refractivity contribution in [2.75, 3.05) is 13.1 Å². The first-order valence-corrected chi connectivity index (χ1v) is 9.34. The lowest BCUT2D eigenvalue weighted by Gasteiger charge is -2.17. The first-order valence-electron chi connectivity index (χ1n) is 9.34. The van der Waals surface area contributed by atoms with Crippen LogP contribution in [0.2, 0.25) is 0 Å². The molecule has 0 radical (unpaired) electrons. The third kappa shape index (κ3) is 2.64. The quantitative estimate of drug-likeness (QED) is 0.726. The number of hydrogen-bond donors (Lipinski definition) is 1. The van der Waals surface area contributed by atoms with E-state index < -0.39 is 0 Å². The van der Waals surface area contributed by atoms with Gasteiger partial charge in [-0.2, -0.15) is 0 Å². The van der Waals surface area contributed by atoms with Gasteiger partial charge in [0.05, 0.1) is 17.7 Å². The number of fused-ring (bicyclic) bond motifs is 2. The molecule has 5 rings (SSSR count). The lowest BCUT2D eigenvalue weighted by atomic mass is 10.1. The number of hydrogen-bond acceptors (Lipinski definition) is 4. The normalized spacial score (nSPS) is 17.3. The average molecular weight is 360 g/mol. The van der Waals surface area contributed by atoms with E-state index in [1.165, 1.54) is 23.3 Å². The summed E-state index contributed by atoms with van der Waals surface area (Å²) in [4.78, 5) is 36.9. The maximum absolute atomic E-state index is 12.7. The second-order valence-corrected chi connectivity index (χ2v) is 7.23. The molecule has 6 nitrogen and oxygen atoms in total. The van der Waals surface area contributed by atoms with Gasteiger partial charge >= 0.3 is 0 Å². The maximum atomic E-state index is 12.7. The Kier molecular flexibility index (Phi) is 3.79. The summed E-state index contributed by atoms with van der Waals surface area (Å²) >= 11 is 0. The summed E-state index contributed by atoms with van der Waals surface area (Å²) in [6.07, 6.45) is 6.21. The van der Waals surface area contributed by atoms with Crippen LogP contribution in [0.25, 0.3) is 11.0 Å². The van der Waals surface area contributed by atoms with Gasteiger partial charge in [0.15, 0.2) is 0 Å². The Balaban J connectivity index is 1.50. The number of aromatic nitrogens is 2. The highest BCUT2D eigenvalue weighted by Crippen LogP contribution is 2.28. The van der Waals surface area contributed by atoms with Gasteiger partial charge in [0, 0.05) is 24.3 Å². The molecule has 2 aromatic heterocycles. The van der Waals surface area contributed by atoms with Crippen molar-refractivity contribution in [2.45, 2.75) is 25.9 Å². The van der Waals surface area contributed by atoms with E-state index >= 15 is 0 Å². The van der Waals surface area contributed by atoms with Crippen molar-refractivity contribution in [3.05, 3.63) is 65.0 Å².